The zero-order chi connectivity index (χ0) is 21.1. The predicted octanol–water partition coefficient (Wildman–Crippen LogP) is 2.59. The molecule has 2 aliphatic carbocycles. The monoisotopic (exact) mass is 437 g/mol. The maximum Gasteiger partial charge on any atom is 0.272 e. The molecule has 3 aliphatic rings. The second kappa shape index (κ2) is 7.09. The molecule has 1 saturated carbocycles. The number of hydrogen-bond donors (Lipinski definition) is 1. The van der Waals surface area contributed by atoms with Gasteiger partial charge in [0.1, 0.15) is 11.5 Å². The number of nitrogens with one attached hydrogen (secondary N) is 1. The minimum absolute atomic E-state index is 0.0586. The Morgan fingerprint density at radius 1 is 1.23 bits per heavy atom. The van der Waals surface area contributed by atoms with Crippen LogP contribution in [0, 0.1) is 11.8 Å². The van der Waals surface area contributed by atoms with Crippen LogP contribution in [-0.4, -0.2) is 43.1 Å². The third-order valence-corrected chi connectivity index (χ3v) is 7.19. The number of aromatic nitrogens is 5. The first-order valence-corrected chi connectivity index (χ1v) is 11.1. The van der Waals surface area contributed by atoms with E-state index in [-0.39, 0.29) is 11.9 Å². The lowest BCUT2D eigenvalue weighted by Gasteiger charge is -2.19. The Bertz CT molecular complexity index is 1160. The number of rotatable bonds is 5. The quantitative estimate of drug-likeness (QED) is 0.663. The SMILES string of the molecule is Cn1cnc2c1CC[C@H]2NC(=O)c1cn(Cc2cnc(N3CC4CC4C3)cc2Cl)cn1. The molecule has 3 aromatic rings. The van der Waals surface area contributed by atoms with E-state index < -0.39 is 0 Å². The number of amides is 1. The fraction of sp³-hybridized carbons (Fsp3) is 0.455. The van der Waals surface area contributed by atoms with Gasteiger partial charge in [-0.05, 0) is 37.2 Å². The second-order valence-electron chi connectivity index (χ2n) is 8.98. The van der Waals surface area contributed by atoms with E-state index in [0.717, 1.165) is 54.8 Å². The van der Waals surface area contributed by atoms with Crippen molar-refractivity contribution in [2.45, 2.75) is 31.8 Å². The molecule has 3 atom stereocenters. The van der Waals surface area contributed by atoms with E-state index >= 15 is 0 Å². The molecule has 0 bridgehead atoms. The van der Waals surface area contributed by atoms with Crippen LogP contribution in [0.5, 0.6) is 0 Å². The molecule has 9 heteroatoms. The molecule has 1 aliphatic heterocycles. The molecule has 4 heterocycles. The fourth-order valence-corrected chi connectivity index (χ4v) is 5.15. The van der Waals surface area contributed by atoms with Gasteiger partial charge < -0.3 is 19.4 Å². The van der Waals surface area contributed by atoms with Crippen molar-refractivity contribution in [3.05, 3.63) is 58.8 Å². The average molecular weight is 438 g/mol. The van der Waals surface area contributed by atoms with Crippen LogP contribution in [0.4, 0.5) is 5.82 Å². The molecule has 2 unspecified atom stereocenters. The second-order valence-corrected chi connectivity index (χ2v) is 9.39. The average Bonchev–Trinajstić information content (AvgIpc) is 3.22. The van der Waals surface area contributed by atoms with Gasteiger partial charge in [-0.3, -0.25) is 4.79 Å². The number of fused-ring (bicyclic) bond motifs is 2. The van der Waals surface area contributed by atoms with E-state index in [1.165, 1.54) is 12.1 Å². The summed E-state index contributed by atoms with van der Waals surface area (Å²) in [5.74, 6) is 2.47. The number of halogens is 1. The summed E-state index contributed by atoms with van der Waals surface area (Å²) >= 11 is 6.55. The van der Waals surface area contributed by atoms with Gasteiger partial charge in [-0.15, -0.1) is 0 Å². The molecule has 6 rings (SSSR count). The molecule has 1 N–H and O–H groups in total. The van der Waals surface area contributed by atoms with Gasteiger partial charge in [0.05, 0.1) is 36.0 Å². The lowest BCUT2D eigenvalue weighted by molar-refractivity contribution is 0.0931. The maximum absolute atomic E-state index is 12.7. The third kappa shape index (κ3) is 3.39. The van der Waals surface area contributed by atoms with Crippen LogP contribution in [0.15, 0.2) is 31.1 Å². The number of carbonyl (C=O) groups is 1. The van der Waals surface area contributed by atoms with E-state index in [2.05, 4.69) is 25.2 Å². The highest BCUT2D eigenvalue weighted by Crippen LogP contribution is 2.46. The number of nitrogens with zero attached hydrogens (tertiary/aromatic N) is 6. The fourth-order valence-electron chi connectivity index (χ4n) is 4.94. The Hall–Kier alpha value is -2.87. The Morgan fingerprint density at radius 2 is 2.06 bits per heavy atom. The molecule has 1 saturated heterocycles. The van der Waals surface area contributed by atoms with Gasteiger partial charge >= 0.3 is 0 Å². The molecule has 1 amide bonds. The largest absolute Gasteiger partial charge is 0.356 e. The van der Waals surface area contributed by atoms with Crippen LogP contribution >= 0.6 is 11.6 Å². The number of imidazole rings is 2. The van der Waals surface area contributed by atoms with E-state index in [1.807, 2.05) is 28.4 Å². The summed E-state index contributed by atoms with van der Waals surface area (Å²) < 4.78 is 3.88. The third-order valence-electron chi connectivity index (χ3n) is 6.83. The van der Waals surface area contributed by atoms with Gasteiger partial charge in [0.15, 0.2) is 0 Å². The summed E-state index contributed by atoms with van der Waals surface area (Å²) in [7, 11) is 1.98. The van der Waals surface area contributed by atoms with Crippen LogP contribution in [0.1, 0.15) is 46.3 Å². The summed E-state index contributed by atoms with van der Waals surface area (Å²) in [6.07, 6.45) is 10.2. The minimum Gasteiger partial charge on any atom is -0.356 e. The van der Waals surface area contributed by atoms with Gasteiger partial charge in [-0.1, -0.05) is 11.6 Å². The van der Waals surface area contributed by atoms with Crippen molar-refractivity contribution < 1.29 is 4.79 Å². The maximum atomic E-state index is 12.7. The van der Waals surface area contributed by atoms with E-state index in [0.29, 0.717) is 17.3 Å². The van der Waals surface area contributed by atoms with Crippen LogP contribution < -0.4 is 10.2 Å². The molecule has 0 aromatic carbocycles. The summed E-state index contributed by atoms with van der Waals surface area (Å²) in [4.78, 5) is 28.4. The van der Waals surface area contributed by atoms with Gasteiger partial charge in [0.2, 0.25) is 0 Å². The molecular weight excluding hydrogens is 414 g/mol. The Kier molecular flexibility index (Phi) is 4.31. The first-order chi connectivity index (χ1) is 15.0. The summed E-state index contributed by atoms with van der Waals surface area (Å²) in [6, 6.07) is 1.90. The molecule has 0 spiro atoms. The van der Waals surface area contributed by atoms with Gasteiger partial charge in [0, 0.05) is 43.8 Å². The molecule has 0 radical (unpaired) electrons. The Morgan fingerprint density at radius 3 is 2.87 bits per heavy atom. The number of piperidine rings is 1. The van der Waals surface area contributed by atoms with Crippen LogP contribution in [0.3, 0.4) is 0 Å². The highest BCUT2D eigenvalue weighted by molar-refractivity contribution is 6.31. The topological polar surface area (TPSA) is 80.9 Å². The summed E-state index contributed by atoms with van der Waals surface area (Å²) in [6.45, 7) is 2.70. The van der Waals surface area contributed by atoms with Crippen molar-refractivity contribution in [1.29, 1.82) is 0 Å². The lowest BCUT2D eigenvalue weighted by atomic mass is 10.2. The standard InChI is InChI=1S/C22H24ClN7O/c1-28-11-26-21-17(2-3-19(21)28)27-22(31)18-10-29(12-25-18)7-15-6-24-20(5-16(15)23)30-8-13-4-14(13)9-30/h5-6,10-14,17H,2-4,7-9H2,1H3,(H,27,31)/t13?,14?,17-/m1/s1. The molecule has 31 heavy (non-hydrogen) atoms. The van der Waals surface area contributed by atoms with Crippen molar-refractivity contribution in [2.24, 2.45) is 18.9 Å². The van der Waals surface area contributed by atoms with Crippen LogP contribution in [-0.2, 0) is 20.0 Å². The van der Waals surface area contributed by atoms with Gasteiger partial charge in [0.25, 0.3) is 5.91 Å². The zero-order valence-corrected chi connectivity index (χ0v) is 18.1. The normalized spacial score (nSPS) is 23.7. The molecular formula is C22H24ClN7O. The van der Waals surface area contributed by atoms with Crippen molar-refractivity contribution in [1.82, 2.24) is 29.4 Å². The highest BCUT2D eigenvalue weighted by Gasteiger charge is 2.45. The van der Waals surface area contributed by atoms with Crippen molar-refractivity contribution in [2.75, 3.05) is 18.0 Å². The first-order valence-electron chi connectivity index (χ1n) is 10.8. The summed E-state index contributed by atoms with van der Waals surface area (Å²) in [5, 5.41) is 3.76. The smallest absolute Gasteiger partial charge is 0.272 e. The highest BCUT2D eigenvalue weighted by atomic mass is 35.5. The zero-order valence-electron chi connectivity index (χ0n) is 17.3. The van der Waals surface area contributed by atoms with Crippen molar-refractivity contribution >= 4 is 23.3 Å². The van der Waals surface area contributed by atoms with Crippen molar-refractivity contribution in [3.8, 4) is 0 Å². The first kappa shape index (κ1) is 18.9. The van der Waals surface area contributed by atoms with E-state index in [9.17, 15) is 4.79 Å². The minimum atomic E-state index is -0.186. The van der Waals surface area contributed by atoms with Gasteiger partial charge in [-0.25, -0.2) is 15.0 Å². The summed E-state index contributed by atoms with van der Waals surface area (Å²) in [5.41, 5.74) is 3.45. The van der Waals surface area contributed by atoms with Gasteiger partial charge in [-0.2, -0.15) is 0 Å². The molecule has 3 aromatic heterocycles. The molecule has 160 valence electrons. The lowest BCUT2D eigenvalue weighted by Crippen LogP contribution is -2.27. The predicted molar refractivity (Wildman–Crippen MR) is 116 cm³/mol. The van der Waals surface area contributed by atoms with Crippen LogP contribution in [0.2, 0.25) is 5.02 Å². The van der Waals surface area contributed by atoms with E-state index in [4.69, 9.17) is 11.6 Å². The molecule has 2 fully saturated rings. The number of aryl methyl sites for hydroxylation is 1. The number of pyridine rings is 1. The van der Waals surface area contributed by atoms with Crippen LogP contribution in [0.25, 0.3) is 0 Å². The van der Waals surface area contributed by atoms with E-state index in [1.54, 1.807) is 18.9 Å². The van der Waals surface area contributed by atoms with Crippen molar-refractivity contribution in [3.63, 3.8) is 0 Å². The Labute approximate surface area is 185 Å². The number of hydrogen-bond acceptors (Lipinski definition) is 5. The number of anilines is 1. The Balaban J connectivity index is 1.12. The molecule has 8 nitrogen and oxygen atoms in total. The number of carbonyl (C=O) groups excluding carboxylic acids is 1.